The van der Waals surface area contributed by atoms with Crippen molar-refractivity contribution in [3.05, 3.63) is 108 Å². The van der Waals surface area contributed by atoms with Crippen LogP contribution in [0.2, 0.25) is 0 Å². The van der Waals surface area contributed by atoms with Gasteiger partial charge in [0.15, 0.2) is 0 Å². The van der Waals surface area contributed by atoms with E-state index in [1.807, 2.05) is 60.7 Å². The maximum absolute atomic E-state index is 13.2. The van der Waals surface area contributed by atoms with E-state index in [0.29, 0.717) is 35.1 Å². The van der Waals surface area contributed by atoms with E-state index >= 15 is 0 Å². The number of anilines is 1. The SMILES string of the molecule is CC(C)(C)c1ccc(S(=O)(=O)Nc2ccc3[nH]c(OC(=O)NCCc4ccccn4)c(-c4ccccc4)c3c2)cc1. The minimum atomic E-state index is -3.83. The lowest BCUT2D eigenvalue weighted by Crippen LogP contribution is -2.29. The summed E-state index contributed by atoms with van der Waals surface area (Å²) in [5, 5.41) is 3.47. The highest BCUT2D eigenvalue weighted by molar-refractivity contribution is 7.92. The molecule has 0 aliphatic heterocycles. The van der Waals surface area contributed by atoms with Crippen molar-refractivity contribution in [3.63, 3.8) is 0 Å². The van der Waals surface area contributed by atoms with Crippen molar-refractivity contribution in [2.45, 2.75) is 37.5 Å². The van der Waals surface area contributed by atoms with Gasteiger partial charge in [0.05, 0.1) is 10.5 Å². The molecule has 3 aromatic carbocycles. The molecule has 0 saturated heterocycles. The first-order valence-electron chi connectivity index (χ1n) is 13.3. The van der Waals surface area contributed by atoms with E-state index in [9.17, 15) is 13.2 Å². The minimum absolute atomic E-state index is 0.0847. The summed E-state index contributed by atoms with van der Waals surface area (Å²) in [5.74, 6) is 0.263. The molecule has 0 fully saturated rings. The Morgan fingerprint density at radius 3 is 2.34 bits per heavy atom. The number of benzene rings is 3. The van der Waals surface area contributed by atoms with Gasteiger partial charge in [-0.1, -0.05) is 69.3 Å². The molecular formula is C32H32N4O4S. The molecule has 1 amide bonds. The molecule has 2 heterocycles. The largest absolute Gasteiger partial charge is 0.413 e. The normalized spacial score (nSPS) is 11.8. The summed E-state index contributed by atoms with van der Waals surface area (Å²) in [6.45, 7) is 6.60. The fourth-order valence-corrected chi connectivity index (χ4v) is 5.56. The predicted octanol–water partition coefficient (Wildman–Crippen LogP) is 6.66. The summed E-state index contributed by atoms with van der Waals surface area (Å²) < 4.78 is 34.8. The van der Waals surface area contributed by atoms with Crippen molar-refractivity contribution in [1.82, 2.24) is 15.3 Å². The number of nitrogens with zero attached hydrogens (tertiary/aromatic N) is 1. The number of pyridine rings is 1. The molecule has 41 heavy (non-hydrogen) atoms. The highest BCUT2D eigenvalue weighted by Crippen LogP contribution is 2.39. The molecule has 0 aliphatic rings. The zero-order chi connectivity index (χ0) is 29.0. The zero-order valence-electron chi connectivity index (χ0n) is 23.1. The number of nitrogens with one attached hydrogen (secondary N) is 3. The van der Waals surface area contributed by atoms with Crippen LogP contribution in [0.4, 0.5) is 10.5 Å². The van der Waals surface area contributed by atoms with Crippen LogP contribution in [-0.4, -0.2) is 31.0 Å². The maximum Gasteiger partial charge on any atom is 0.413 e. The molecular weight excluding hydrogens is 536 g/mol. The number of fused-ring (bicyclic) bond motifs is 1. The summed E-state index contributed by atoms with van der Waals surface area (Å²) in [6, 6.07) is 27.2. The van der Waals surface area contributed by atoms with Gasteiger partial charge in [-0.25, -0.2) is 13.2 Å². The summed E-state index contributed by atoms with van der Waals surface area (Å²) in [5.41, 5.74) is 4.37. The number of hydrogen-bond acceptors (Lipinski definition) is 5. The number of ether oxygens (including phenoxy) is 1. The molecule has 0 bridgehead atoms. The Hall–Kier alpha value is -4.63. The summed E-state index contributed by atoms with van der Waals surface area (Å²) >= 11 is 0. The van der Waals surface area contributed by atoms with Crippen LogP contribution >= 0.6 is 0 Å². The monoisotopic (exact) mass is 568 g/mol. The zero-order valence-corrected chi connectivity index (χ0v) is 24.0. The van der Waals surface area contributed by atoms with Gasteiger partial charge in [-0.2, -0.15) is 0 Å². The van der Waals surface area contributed by atoms with Crippen molar-refractivity contribution in [2.24, 2.45) is 0 Å². The number of amides is 1. The second-order valence-corrected chi connectivity index (χ2v) is 12.4. The third-order valence-electron chi connectivity index (χ3n) is 6.68. The quantitative estimate of drug-likeness (QED) is 0.194. The fourth-order valence-electron chi connectivity index (χ4n) is 4.51. The average molecular weight is 569 g/mol. The Bertz CT molecular complexity index is 1760. The van der Waals surface area contributed by atoms with Crippen molar-refractivity contribution in [3.8, 4) is 17.0 Å². The number of aromatic nitrogens is 2. The van der Waals surface area contributed by atoms with Crippen LogP contribution < -0.4 is 14.8 Å². The van der Waals surface area contributed by atoms with E-state index < -0.39 is 16.1 Å². The topological polar surface area (TPSA) is 113 Å². The molecule has 210 valence electrons. The number of sulfonamides is 1. The summed E-state index contributed by atoms with van der Waals surface area (Å²) in [7, 11) is -3.83. The van der Waals surface area contributed by atoms with Crippen LogP contribution in [0.5, 0.6) is 5.88 Å². The van der Waals surface area contributed by atoms with Crippen molar-refractivity contribution in [2.75, 3.05) is 11.3 Å². The maximum atomic E-state index is 13.2. The Morgan fingerprint density at radius 2 is 1.66 bits per heavy atom. The first-order chi connectivity index (χ1) is 19.6. The molecule has 0 radical (unpaired) electrons. The van der Waals surface area contributed by atoms with Gasteiger partial charge in [-0.05, 0) is 59.0 Å². The predicted molar refractivity (Wildman–Crippen MR) is 162 cm³/mol. The summed E-state index contributed by atoms with van der Waals surface area (Å²) in [6.07, 6.45) is 1.67. The van der Waals surface area contributed by atoms with E-state index in [1.54, 1.807) is 36.5 Å². The van der Waals surface area contributed by atoms with Crippen LogP contribution in [0, 0.1) is 0 Å². The van der Waals surface area contributed by atoms with Gasteiger partial charge < -0.3 is 15.0 Å². The van der Waals surface area contributed by atoms with Crippen LogP contribution in [-0.2, 0) is 21.9 Å². The molecule has 0 saturated carbocycles. The van der Waals surface area contributed by atoms with Gasteiger partial charge in [0, 0.05) is 41.4 Å². The van der Waals surface area contributed by atoms with Gasteiger partial charge in [-0.3, -0.25) is 9.71 Å². The van der Waals surface area contributed by atoms with Crippen LogP contribution in [0.1, 0.15) is 32.0 Å². The molecule has 8 nitrogen and oxygen atoms in total. The van der Waals surface area contributed by atoms with E-state index in [-0.39, 0.29) is 16.2 Å². The lowest BCUT2D eigenvalue weighted by atomic mass is 9.87. The molecule has 5 rings (SSSR count). The molecule has 0 aliphatic carbocycles. The molecule has 5 aromatic rings. The molecule has 9 heteroatoms. The number of carbonyl (C=O) groups is 1. The van der Waals surface area contributed by atoms with Gasteiger partial charge in [-0.15, -0.1) is 0 Å². The first-order valence-corrected chi connectivity index (χ1v) is 14.8. The smallest absolute Gasteiger partial charge is 0.393 e. The standard InChI is InChI=1S/C32H32N4O4S/c1-32(2,3)23-12-15-26(16-13-23)41(38,39)36-25-14-17-28-27(21-25)29(22-9-5-4-6-10-22)30(35-28)40-31(37)34-20-18-24-11-7-8-19-33-24/h4-17,19,21,35-36H,18,20H2,1-3H3,(H,34,37). The first kappa shape index (κ1) is 27.9. The Kier molecular flexibility index (Phi) is 7.81. The Morgan fingerprint density at radius 1 is 0.927 bits per heavy atom. The molecule has 3 N–H and O–H groups in total. The number of rotatable bonds is 8. The van der Waals surface area contributed by atoms with Crippen LogP contribution in [0.15, 0.2) is 102 Å². The van der Waals surface area contributed by atoms with Gasteiger partial charge in [0.25, 0.3) is 10.0 Å². The van der Waals surface area contributed by atoms with Crippen LogP contribution in [0.25, 0.3) is 22.0 Å². The summed E-state index contributed by atoms with van der Waals surface area (Å²) in [4.78, 5) is 20.3. The third kappa shape index (κ3) is 6.58. The number of aromatic amines is 1. The molecule has 0 spiro atoms. The van der Waals surface area contributed by atoms with Crippen molar-refractivity contribution in [1.29, 1.82) is 0 Å². The second-order valence-electron chi connectivity index (χ2n) is 10.7. The van der Waals surface area contributed by atoms with Gasteiger partial charge >= 0.3 is 6.09 Å². The van der Waals surface area contributed by atoms with E-state index in [2.05, 4.69) is 40.8 Å². The van der Waals surface area contributed by atoms with Crippen LogP contribution in [0.3, 0.4) is 0 Å². The Labute approximate surface area is 239 Å². The number of hydrogen-bond donors (Lipinski definition) is 3. The van der Waals surface area contributed by atoms with Crippen molar-refractivity contribution < 1.29 is 17.9 Å². The minimum Gasteiger partial charge on any atom is -0.393 e. The third-order valence-corrected chi connectivity index (χ3v) is 8.08. The fraction of sp³-hybridized carbons (Fsp3) is 0.188. The lowest BCUT2D eigenvalue weighted by Gasteiger charge is -2.19. The van der Waals surface area contributed by atoms with Gasteiger partial charge in [0.2, 0.25) is 5.88 Å². The lowest BCUT2D eigenvalue weighted by molar-refractivity contribution is 0.199. The highest BCUT2D eigenvalue weighted by Gasteiger charge is 2.21. The second kappa shape index (κ2) is 11.5. The average Bonchev–Trinajstić information content (AvgIpc) is 3.30. The van der Waals surface area contributed by atoms with Crippen molar-refractivity contribution >= 4 is 32.7 Å². The van der Waals surface area contributed by atoms with E-state index in [4.69, 9.17) is 4.74 Å². The number of H-pyrrole nitrogens is 1. The van der Waals surface area contributed by atoms with E-state index in [1.165, 1.54) is 0 Å². The molecule has 0 unspecified atom stereocenters. The van der Waals surface area contributed by atoms with E-state index in [0.717, 1.165) is 16.8 Å². The van der Waals surface area contributed by atoms with Gasteiger partial charge in [0.1, 0.15) is 0 Å². The molecule has 0 atom stereocenters. The molecule has 2 aromatic heterocycles. The Balaban J connectivity index is 1.40. The number of carbonyl (C=O) groups excluding carboxylic acids is 1. The highest BCUT2D eigenvalue weighted by atomic mass is 32.2.